The second-order valence-electron chi connectivity index (χ2n) is 4.38. The third kappa shape index (κ3) is 1.68. The number of hydrogen-bond acceptors (Lipinski definition) is 4. The van der Waals surface area contributed by atoms with Crippen LogP contribution in [0.5, 0.6) is 0 Å². The van der Waals surface area contributed by atoms with Crippen LogP contribution in [0.1, 0.15) is 11.1 Å². The van der Waals surface area contributed by atoms with Gasteiger partial charge in [-0.05, 0) is 31.5 Å². The van der Waals surface area contributed by atoms with Crippen molar-refractivity contribution in [3.05, 3.63) is 55.2 Å². The predicted octanol–water partition coefficient (Wildman–Crippen LogP) is 3.17. The first-order valence-corrected chi connectivity index (χ1v) is 6.03. The van der Waals surface area contributed by atoms with Gasteiger partial charge < -0.3 is 8.83 Å². The van der Waals surface area contributed by atoms with Gasteiger partial charge in [-0.15, -0.1) is 0 Å². The molecule has 0 amide bonds. The smallest absolute Gasteiger partial charge is 0.355 e. The Hall–Kier alpha value is -2.07. The highest BCUT2D eigenvalue weighted by atomic mass is 35.5. The van der Waals surface area contributed by atoms with Gasteiger partial charge in [0.15, 0.2) is 0 Å². The molecule has 0 aliphatic heterocycles. The lowest BCUT2D eigenvalue weighted by atomic mass is 10.0. The van der Waals surface area contributed by atoms with E-state index in [4.69, 9.17) is 20.4 Å². The molecule has 0 aliphatic rings. The lowest BCUT2D eigenvalue weighted by Gasteiger charge is -2.07. The summed E-state index contributed by atoms with van der Waals surface area (Å²) >= 11 is 5.91. The van der Waals surface area contributed by atoms with Crippen LogP contribution in [0.25, 0.3) is 21.9 Å². The van der Waals surface area contributed by atoms with E-state index in [1.807, 2.05) is 0 Å². The first kappa shape index (κ1) is 12.0. The van der Waals surface area contributed by atoms with E-state index < -0.39 is 11.3 Å². The largest absolute Gasteiger partial charge is 0.422 e. The number of fused-ring (bicyclic) bond motifs is 2. The van der Waals surface area contributed by atoms with Crippen LogP contribution >= 0.6 is 11.6 Å². The highest BCUT2D eigenvalue weighted by molar-refractivity contribution is 6.32. The zero-order valence-corrected chi connectivity index (χ0v) is 11.0. The number of hydrogen-bond donors (Lipinski definition) is 0. The minimum absolute atomic E-state index is 0.0728. The quantitative estimate of drug-likeness (QED) is 0.467. The molecule has 3 rings (SSSR count). The summed E-state index contributed by atoms with van der Waals surface area (Å²) in [6.45, 7) is 3.50. The van der Waals surface area contributed by atoms with E-state index in [1.165, 1.54) is 6.07 Å². The van der Waals surface area contributed by atoms with Gasteiger partial charge in [-0.1, -0.05) is 11.6 Å². The predicted molar refractivity (Wildman–Crippen MR) is 73.0 cm³/mol. The van der Waals surface area contributed by atoms with Crippen molar-refractivity contribution < 1.29 is 8.83 Å². The van der Waals surface area contributed by atoms with Gasteiger partial charge in [0, 0.05) is 22.4 Å². The average molecular weight is 277 g/mol. The van der Waals surface area contributed by atoms with Crippen LogP contribution in [0, 0.1) is 13.8 Å². The molecule has 1 aromatic carbocycles. The SMILES string of the molecule is Cc1c(Cl)c(=O)oc2c(C)c3oc(=O)ccc3cc12. The Morgan fingerprint density at radius 2 is 1.74 bits per heavy atom. The van der Waals surface area contributed by atoms with Gasteiger partial charge in [0.05, 0.1) is 0 Å². The van der Waals surface area contributed by atoms with Crippen LogP contribution in [0.2, 0.25) is 5.02 Å². The second-order valence-corrected chi connectivity index (χ2v) is 4.76. The van der Waals surface area contributed by atoms with E-state index in [2.05, 4.69) is 0 Å². The summed E-state index contributed by atoms with van der Waals surface area (Å²) in [5.41, 5.74) is 1.06. The molecule has 0 N–H and O–H groups in total. The number of aryl methyl sites for hydroxylation is 2. The third-order valence-electron chi connectivity index (χ3n) is 3.20. The van der Waals surface area contributed by atoms with Crippen LogP contribution < -0.4 is 11.3 Å². The number of rotatable bonds is 0. The Morgan fingerprint density at radius 1 is 1.00 bits per heavy atom. The van der Waals surface area contributed by atoms with Crippen LogP contribution in [0.3, 0.4) is 0 Å². The van der Waals surface area contributed by atoms with Crippen molar-refractivity contribution in [2.75, 3.05) is 0 Å². The van der Waals surface area contributed by atoms with Gasteiger partial charge in [0.1, 0.15) is 16.2 Å². The molecule has 0 saturated carbocycles. The summed E-state index contributed by atoms with van der Waals surface area (Å²) in [7, 11) is 0. The maximum atomic E-state index is 11.6. The summed E-state index contributed by atoms with van der Waals surface area (Å²) in [6.07, 6.45) is 0. The minimum Gasteiger partial charge on any atom is -0.422 e. The molecule has 0 fully saturated rings. The number of benzene rings is 1. The Kier molecular flexibility index (Phi) is 2.50. The third-order valence-corrected chi connectivity index (χ3v) is 3.63. The van der Waals surface area contributed by atoms with E-state index in [1.54, 1.807) is 26.0 Å². The molecule has 0 saturated heterocycles. The second kappa shape index (κ2) is 3.96. The summed E-state index contributed by atoms with van der Waals surface area (Å²) in [5, 5.41) is 1.57. The van der Waals surface area contributed by atoms with E-state index >= 15 is 0 Å². The summed E-state index contributed by atoms with van der Waals surface area (Å²) < 4.78 is 10.4. The molecule has 2 aromatic heterocycles. The Labute approximate surface area is 112 Å². The number of halogens is 1. The van der Waals surface area contributed by atoms with Gasteiger partial charge in [-0.2, -0.15) is 0 Å². The summed E-state index contributed by atoms with van der Waals surface area (Å²) in [5.74, 6) is 0. The maximum Gasteiger partial charge on any atom is 0.355 e. The van der Waals surface area contributed by atoms with Crippen LogP contribution in [-0.2, 0) is 0 Å². The molecule has 0 atom stereocenters. The van der Waals surface area contributed by atoms with Crippen LogP contribution in [0.4, 0.5) is 0 Å². The molecule has 3 aromatic rings. The van der Waals surface area contributed by atoms with E-state index in [-0.39, 0.29) is 5.02 Å². The molecule has 0 unspecified atom stereocenters. The lowest BCUT2D eigenvalue weighted by Crippen LogP contribution is -2.03. The van der Waals surface area contributed by atoms with Gasteiger partial charge in [-0.25, -0.2) is 9.59 Å². The molecular weight excluding hydrogens is 268 g/mol. The van der Waals surface area contributed by atoms with E-state index in [9.17, 15) is 9.59 Å². The fraction of sp³-hybridized carbons (Fsp3) is 0.143. The topological polar surface area (TPSA) is 60.4 Å². The van der Waals surface area contributed by atoms with Gasteiger partial charge in [0.2, 0.25) is 0 Å². The minimum atomic E-state index is -0.590. The normalized spacial score (nSPS) is 11.3. The van der Waals surface area contributed by atoms with Gasteiger partial charge >= 0.3 is 11.3 Å². The molecule has 19 heavy (non-hydrogen) atoms. The molecule has 0 bridgehead atoms. The van der Waals surface area contributed by atoms with Crippen molar-refractivity contribution >= 4 is 33.5 Å². The fourth-order valence-electron chi connectivity index (χ4n) is 2.18. The molecule has 0 radical (unpaired) electrons. The van der Waals surface area contributed by atoms with Crippen molar-refractivity contribution in [2.45, 2.75) is 13.8 Å². The maximum absolute atomic E-state index is 11.6. The van der Waals surface area contributed by atoms with Gasteiger partial charge in [-0.3, -0.25) is 0 Å². The first-order valence-electron chi connectivity index (χ1n) is 5.65. The highest BCUT2D eigenvalue weighted by Gasteiger charge is 2.14. The van der Waals surface area contributed by atoms with E-state index in [0.29, 0.717) is 22.3 Å². The molecule has 4 nitrogen and oxygen atoms in total. The molecule has 0 spiro atoms. The highest BCUT2D eigenvalue weighted by Crippen LogP contribution is 2.30. The van der Waals surface area contributed by atoms with Crippen molar-refractivity contribution in [3.8, 4) is 0 Å². The molecule has 96 valence electrons. The first-order chi connectivity index (χ1) is 8.99. The zero-order valence-electron chi connectivity index (χ0n) is 10.2. The Morgan fingerprint density at radius 3 is 2.47 bits per heavy atom. The fourth-order valence-corrected chi connectivity index (χ4v) is 2.32. The van der Waals surface area contributed by atoms with Crippen molar-refractivity contribution in [3.63, 3.8) is 0 Å². The summed E-state index contributed by atoms with van der Waals surface area (Å²) in [6, 6.07) is 4.82. The molecule has 2 heterocycles. The molecular formula is C14H9ClO4. The molecule has 5 heteroatoms. The van der Waals surface area contributed by atoms with Crippen molar-refractivity contribution in [2.24, 2.45) is 0 Å². The lowest BCUT2D eigenvalue weighted by molar-refractivity contribution is 0.545. The summed E-state index contributed by atoms with van der Waals surface area (Å²) in [4.78, 5) is 22.9. The van der Waals surface area contributed by atoms with Gasteiger partial charge in [0.25, 0.3) is 0 Å². The van der Waals surface area contributed by atoms with Crippen molar-refractivity contribution in [1.29, 1.82) is 0 Å². The monoisotopic (exact) mass is 276 g/mol. The van der Waals surface area contributed by atoms with E-state index in [0.717, 1.165) is 10.8 Å². The van der Waals surface area contributed by atoms with Crippen LogP contribution in [0.15, 0.2) is 36.6 Å². The average Bonchev–Trinajstić information content (AvgIpc) is 2.39. The molecule has 0 aliphatic carbocycles. The standard InChI is InChI=1S/C14H9ClO4/c1-6-9-5-8-3-4-10(16)18-12(8)7(2)13(9)19-14(17)11(6)15/h3-5H,1-2H3. The van der Waals surface area contributed by atoms with Crippen LogP contribution in [-0.4, -0.2) is 0 Å². The van der Waals surface area contributed by atoms with Crippen molar-refractivity contribution in [1.82, 2.24) is 0 Å². The Balaban J connectivity index is 2.65. The Bertz CT molecular complexity index is 934. The zero-order chi connectivity index (χ0) is 13.7.